The van der Waals surface area contributed by atoms with Crippen LogP contribution in [0.15, 0.2) is 12.3 Å². The van der Waals surface area contributed by atoms with E-state index in [1.807, 2.05) is 6.92 Å². The van der Waals surface area contributed by atoms with E-state index in [4.69, 9.17) is 0 Å². The second kappa shape index (κ2) is 11.1. The fourth-order valence-corrected chi connectivity index (χ4v) is 4.77. The van der Waals surface area contributed by atoms with Crippen molar-refractivity contribution in [2.75, 3.05) is 11.9 Å². The molecule has 2 aromatic heterocycles. The zero-order chi connectivity index (χ0) is 28.6. The number of halogens is 5. The predicted octanol–water partition coefficient (Wildman–Crippen LogP) is 5.02. The fourth-order valence-electron chi connectivity index (χ4n) is 3.77. The highest BCUT2D eigenvalue weighted by Gasteiger charge is 2.37. The number of likely N-dealkylation sites (tertiary alicyclic amines) is 1. The normalized spacial score (nSPS) is 18.0. The number of nitrogens with zero attached hydrogens (tertiary/aromatic N) is 3. The molecule has 3 N–H and O–H groups in total. The number of aromatic nitrogens is 2. The summed E-state index contributed by atoms with van der Waals surface area (Å²) < 4.78 is 67.1. The average Bonchev–Trinajstić information content (AvgIpc) is 3.44. The van der Waals surface area contributed by atoms with Crippen LogP contribution in [0.1, 0.15) is 79.7 Å². The Labute approximate surface area is 220 Å². The molecule has 0 aliphatic carbocycles. The lowest BCUT2D eigenvalue weighted by Gasteiger charge is -2.26. The number of hydrogen-bond acceptors (Lipinski definition) is 7. The summed E-state index contributed by atoms with van der Waals surface area (Å²) in [5.74, 6) is -1.69. The van der Waals surface area contributed by atoms with Crippen LogP contribution in [0.5, 0.6) is 0 Å². The van der Waals surface area contributed by atoms with E-state index in [1.54, 1.807) is 6.92 Å². The topological polar surface area (TPSA) is 107 Å². The summed E-state index contributed by atoms with van der Waals surface area (Å²) in [7, 11) is 0. The van der Waals surface area contributed by atoms with Crippen LogP contribution in [0.2, 0.25) is 0 Å². The molecule has 0 saturated carbocycles. The zero-order valence-electron chi connectivity index (χ0n) is 21.5. The number of carbonyl (C=O) groups excluding carboxylic acids is 2. The molecule has 14 heteroatoms. The largest absolute Gasteiger partial charge is 0.408 e. The summed E-state index contributed by atoms with van der Waals surface area (Å²) >= 11 is 0.691. The molecule has 3 heterocycles. The van der Waals surface area contributed by atoms with Crippen LogP contribution in [0.25, 0.3) is 10.4 Å². The first kappa shape index (κ1) is 29.7. The van der Waals surface area contributed by atoms with Gasteiger partial charge in [0.25, 0.3) is 18.2 Å². The summed E-state index contributed by atoms with van der Waals surface area (Å²) in [5.41, 5.74) is -2.38. The molecule has 210 valence electrons. The van der Waals surface area contributed by atoms with Crippen molar-refractivity contribution in [1.82, 2.24) is 20.2 Å². The molecular formula is C24H30F5N5O3S. The zero-order valence-corrected chi connectivity index (χ0v) is 22.3. The van der Waals surface area contributed by atoms with Crippen molar-refractivity contribution in [3.8, 4) is 10.4 Å². The summed E-state index contributed by atoms with van der Waals surface area (Å²) in [5, 5.41) is 14.6. The van der Waals surface area contributed by atoms with Crippen molar-refractivity contribution in [3.05, 3.63) is 28.5 Å². The number of aliphatic hydroxyl groups is 1. The van der Waals surface area contributed by atoms with Gasteiger partial charge in [-0.05, 0) is 53.5 Å². The van der Waals surface area contributed by atoms with Gasteiger partial charge in [-0.3, -0.25) is 9.59 Å². The Morgan fingerprint density at radius 2 is 1.87 bits per heavy atom. The Morgan fingerprint density at radius 1 is 1.21 bits per heavy atom. The minimum absolute atomic E-state index is 0.0478. The van der Waals surface area contributed by atoms with Crippen LogP contribution in [0, 0.1) is 0 Å². The van der Waals surface area contributed by atoms with Crippen molar-refractivity contribution in [3.63, 3.8) is 0 Å². The number of thiazole rings is 1. The van der Waals surface area contributed by atoms with Gasteiger partial charge in [-0.1, -0.05) is 0 Å². The van der Waals surface area contributed by atoms with Gasteiger partial charge in [0.15, 0.2) is 5.01 Å². The molecule has 8 nitrogen and oxygen atoms in total. The minimum Gasteiger partial charge on any atom is -0.388 e. The van der Waals surface area contributed by atoms with E-state index < -0.39 is 53.5 Å². The first-order valence-electron chi connectivity index (χ1n) is 12.0. The Kier molecular flexibility index (Phi) is 8.66. The van der Waals surface area contributed by atoms with Gasteiger partial charge in [0.05, 0.1) is 16.5 Å². The number of carbonyl (C=O) groups is 2. The molecule has 1 aliphatic heterocycles. The van der Waals surface area contributed by atoms with Gasteiger partial charge in [-0.25, -0.2) is 18.7 Å². The van der Waals surface area contributed by atoms with Crippen molar-refractivity contribution in [1.29, 1.82) is 0 Å². The number of amides is 2. The summed E-state index contributed by atoms with van der Waals surface area (Å²) in [4.78, 5) is 35.9. The highest BCUT2D eigenvalue weighted by Crippen LogP contribution is 2.39. The third kappa shape index (κ3) is 6.57. The van der Waals surface area contributed by atoms with Crippen molar-refractivity contribution in [2.45, 2.75) is 83.8 Å². The van der Waals surface area contributed by atoms with E-state index in [9.17, 15) is 36.6 Å². The van der Waals surface area contributed by atoms with Crippen LogP contribution in [-0.4, -0.2) is 68.2 Å². The Hall–Kier alpha value is -2.87. The van der Waals surface area contributed by atoms with Gasteiger partial charge < -0.3 is 20.6 Å². The molecule has 3 rings (SSSR count). The maximum atomic E-state index is 14.1. The molecule has 2 amide bonds. The number of alkyl halides is 5. The quantitative estimate of drug-likeness (QED) is 0.390. The maximum absolute atomic E-state index is 14.1. The molecule has 3 atom stereocenters. The monoisotopic (exact) mass is 563 g/mol. The van der Waals surface area contributed by atoms with Crippen LogP contribution in [0.4, 0.5) is 27.8 Å². The Bertz CT molecular complexity index is 1180. The average molecular weight is 564 g/mol. The molecule has 0 aromatic carbocycles. The molecule has 1 fully saturated rings. The van der Waals surface area contributed by atoms with Crippen molar-refractivity contribution in [2.24, 2.45) is 0 Å². The number of nitrogens with one attached hydrogen (secondary N) is 2. The van der Waals surface area contributed by atoms with Gasteiger partial charge in [0.1, 0.15) is 17.6 Å². The lowest BCUT2D eigenvalue weighted by Crippen LogP contribution is -2.47. The molecule has 1 aliphatic rings. The van der Waals surface area contributed by atoms with E-state index in [-0.39, 0.29) is 27.2 Å². The second-order valence-corrected chi connectivity index (χ2v) is 10.9. The van der Waals surface area contributed by atoms with Crippen LogP contribution < -0.4 is 10.6 Å². The standard InChI is InChI=1S/C24H30F5N5O3S/c1-11-7-6-8-34(11)22(36)17-18(38-21(33-17)20(35)32-12(2)23(4,5)37)15-10-30-16(9-14(15)19(25)26)31-13(3)24(27,28)29/h9-13,19,37H,6-8H2,1-5H3,(H,30,31)(H,32,35). The third-order valence-corrected chi connectivity index (χ3v) is 7.60. The molecular weight excluding hydrogens is 533 g/mol. The van der Waals surface area contributed by atoms with Crippen LogP contribution >= 0.6 is 11.3 Å². The van der Waals surface area contributed by atoms with E-state index in [1.165, 1.54) is 18.7 Å². The van der Waals surface area contributed by atoms with Gasteiger partial charge in [-0.2, -0.15) is 13.2 Å². The van der Waals surface area contributed by atoms with E-state index in [0.717, 1.165) is 32.0 Å². The molecule has 0 spiro atoms. The fraction of sp³-hybridized carbons (Fsp3) is 0.583. The first-order chi connectivity index (χ1) is 17.5. The molecule has 38 heavy (non-hydrogen) atoms. The molecule has 3 unspecified atom stereocenters. The van der Waals surface area contributed by atoms with E-state index in [0.29, 0.717) is 17.9 Å². The van der Waals surface area contributed by atoms with Crippen LogP contribution in [0.3, 0.4) is 0 Å². The number of hydrogen-bond donors (Lipinski definition) is 3. The molecule has 1 saturated heterocycles. The smallest absolute Gasteiger partial charge is 0.388 e. The predicted molar refractivity (Wildman–Crippen MR) is 132 cm³/mol. The first-order valence-corrected chi connectivity index (χ1v) is 12.8. The van der Waals surface area contributed by atoms with Gasteiger partial charge in [0, 0.05) is 29.9 Å². The van der Waals surface area contributed by atoms with Crippen LogP contribution in [-0.2, 0) is 0 Å². The number of pyridine rings is 1. The lowest BCUT2D eigenvalue weighted by atomic mass is 10.0. The summed E-state index contributed by atoms with van der Waals surface area (Å²) in [6, 6.07) is -2.09. The maximum Gasteiger partial charge on any atom is 0.408 e. The lowest BCUT2D eigenvalue weighted by molar-refractivity contribution is -0.138. The SMILES string of the molecule is CC1CCCN1C(=O)c1nc(C(=O)NC(C)C(C)(C)O)sc1-c1cnc(NC(C)C(F)(F)F)cc1C(F)F. The Balaban J connectivity index is 2.09. The number of anilines is 1. The van der Waals surface area contributed by atoms with Crippen molar-refractivity contribution >= 4 is 29.0 Å². The van der Waals surface area contributed by atoms with E-state index >= 15 is 0 Å². The van der Waals surface area contributed by atoms with E-state index in [2.05, 4.69) is 20.6 Å². The number of rotatable bonds is 8. The Morgan fingerprint density at radius 3 is 2.39 bits per heavy atom. The summed E-state index contributed by atoms with van der Waals surface area (Å²) in [6.07, 6.45) is -5.32. The molecule has 2 aromatic rings. The molecule has 0 bridgehead atoms. The summed E-state index contributed by atoms with van der Waals surface area (Å²) in [6.45, 7) is 7.64. The second-order valence-electron chi connectivity index (χ2n) is 9.90. The van der Waals surface area contributed by atoms with Gasteiger partial charge in [-0.15, -0.1) is 11.3 Å². The molecule has 0 radical (unpaired) electrons. The third-order valence-electron chi connectivity index (χ3n) is 6.52. The highest BCUT2D eigenvalue weighted by molar-refractivity contribution is 7.17. The van der Waals surface area contributed by atoms with Crippen molar-refractivity contribution < 1.29 is 36.6 Å². The van der Waals surface area contributed by atoms with Gasteiger partial charge >= 0.3 is 6.18 Å². The van der Waals surface area contributed by atoms with Gasteiger partial charge in [0.2, 0.25) is 0 Å². The minimum atomic E-state index is -4.63. The highest BCUT2D eigenvalue weighted by atomic mass is 32.1.